The molecule has 2 unspecified atom stereocenters. The van der Waals surface area contributed by atoms with Crippen molar-refractivity contribution in [2.45, 2.75) is 37.8 Å². The summed E-state index contributed by atoms with van der Waals surface area (Å²) in [6.07, 6.45) is -0.241. The van der Waals surface area contributed by atoms with Crippen molar-refractivity contribution in [3.63, 3.8) is 0 Å². The van der Waals surface area contributed by atoms with Gasteiger partial charge in [-0.25, -0.2) is 0 Å². The van der Waals surface area contributed by atoms with Crippen molar-refractivity contribution in [2.24, 2.45) is 5.92 Å². The van der Waals surface area contributed by atoms with E-state index in [1.54, 1.807) is 0 Å². The van der Waals surface area contributed by atoms with Crippen LogP contribution in [0, 0.1) is 5.92 Å². The van der Waals surface area contributed by atoms with Gasteiger partial charge in [-0.1, -0.05) is 12.1 Å². The maximum Gasteiger partial charge on any atom is 0.416 e. The molecular weight excluding hydrogens is 279 g/mol. The molecule has 0 bridgehead atoms. The van der Waals surface area contributed by atoms with E-state index < -0.39 is 11.7 Å². The molecular formula is C16H18F3NO. The number of alkyl halides is 3. The highest BCUT2D eigenvalue weighted by molar-refractivity contribution is 5.83. The fourth-order valence-corrected chi connectivity index (χ4v) is 3.10. The summed E-state index contributed by atoms with van der Waals surface area (Å²) in [6, 6.07) is 5.24. The lowest BCUT2D eigenvalue weighted by Gasteiger charge is -2.27. The molecule has 2 nitrogen and oxygen atoms in total. The van der Waals surface area contributed by atoms with Crippen LogP contribution in [0.3, 0.4) is 0 Å². The van der Waals surface area contributed by atoms with Crippen LogP contribution in [0.25, 0.3) is 0 Å². The second-order valence-corrected chi connectivity index (χ2v) is 5.95. The first-order chi connectivity index (χ1) is 9.97. The Balaban J connectivity index is 1.63. The molecule has 21 heavy (non-hydrogen) atoms. The molecule has 0 aromatic heterocycles. The second kappa shape index (κ2) is 5.35. The van der Waals surface area contributed by atoms with Crippen molar-refractivity contribution in [1.29, 1.82) is 0 Å². The van der Waals surface area contributed by atoms with Gasteiger partial charge in [-0.2, -0.15) is 13.2 Å². The van der Waals surface area contributed by atoms with Gasteiger partial charge in [0.15, 0.2) is 0 Å². The van der Waals surface area contributed by atoms with E-state index in [-0.39, 0.29) is 17.7 Å². The van der Waals surface area contributed by atoms with E-state index in [1.807, 2.05) is 4.90 Å². The first-order valence-corrected chi connectivity index (χ1v) is 7.43. The van der Waals surface area contributed by atoms with Gasteiger partial charge in [0.25, 0.3) is 0 Å². The van der Waals surface area contributed by atoms with E-state index in [0.29, 0.717) is 0 Å². The van der Waals surface area contributed by atoms with Gasteiger partial charge in [0.1, 0.15) is 0 Å². The molecule has 0 spiro atoms. The predicted octanol–water partition coefficient (Wildman–Crippen LogP) is 3.82. The topological polar surface area (TPSA) is 20.3 Å². The van der Waals surface area contributed by atoms with Crippen molar-refractivity contribution >= 4 is 5.91 Å². The van der Waals surface area contributed by atoms with Crippen molar-refractivity contribution in [2.75, 3.05) is 13.1 Å². The highest BCUT2D eigenvalue weighted by atomic mass is 19.4. The zero-order valence-corrected chi connectivity index (χ0v) is 11.7. The molecule has 2 aliphatic rings. The Labute approximate surface area is 121 Å². The molecule has 1 heterocycles. The van der Waals surface area contributed by atoms with Gasteiger partial charge in [-0.05, 0) is 49.3 Å². The molecule has 1 aliphatic carbocycles. The predicted molar refractivity (Wildman–Crippen MR) is 72.7 cm³/mol. The molecule has 0 N–H and O–H groups in total. The van der Waals surface area contributed by atoms with Crippen LogP contribution in [0.15, 0.2) is 24.3 Å². The summed E-state index contributed by atoms with van der Waals surface area (Å²) >= 11 is 0. The fraction of sp³-hybridized carbons (Fsp3) is 0.562. The van der Waals surface area contributed by atoms with Crippen LogP contribution in [0.2, 0.25) is 0 Å². The number of halogens is 3. The number of carbonyl (C=O) groups is 1. The zero-order chi connectivity index (χ0) is 15.0. The van der Waals surface area contributed by atoms with Crippen LogP contribution in [0.4, 0.5) is 13.2 Å². The monoisotopic (exact) mass is 297 g/mol. The van der Waals surface area contributed by atoms with Crippen molar-refractivity contribution < 1.29 is 18.0 Å². The molecule has 2 atom stereocenters. The molecule has 1 aromatic rings. The Bertz CT molecular complexity index is 517. The van der Waals surface area contributed by atoms with Crippen LogP contribution in [0.5, 0.6) is 0 Å². The van der Waals surface area contributed by atoms with E-state index >= 15 is 0 Å². The minimum absolute atomic E-state index is 0.0279. The molecule has 3 rings (SSSR count). The van der Waals surface area contributed by atoms with Crippen molar-refractivity contribution in [3.8, 4) is 0 Å². The zero-order valence-electron chi connectivity index (χ0n) is 11.7. The first-order valence-electron chi connectivity index (χ1n) is 7.43. The number of benzene rings is 1. The maximum absolute atomic E-state index is 12.5. The van der Waals surface area contributed by atoms with Gasteiger partial charge in [-0.3, -0.25) is 4.79 Å². The average Bonchev–Trinajstić information content (AvgIpc) is 3.27. The van der Waals surface area contributed by atoms with E-state index in [0.717, 1.165) is 50.0 Å². The summed E-state index contributed by atoms with van der Waals surface area (Å²) in [5, 5.41) is 0. The lowest BCUT2D eigenvalue weighted by Crippen LogP contribution is -2.36. The second-order valence-electron chi connectivity index (χ2n) is 5.95. The molecule has 1 aliphatic heterocycles. The van der Waals surface area contributed by atoms with Crippen LogP contribution in [0.1, 0.15) is 42.7 Å². The minimum atomic E-state index is -4.30. The van der Waals surface area contributed by atoms with E-state index in [9.17, 15) is 18.0 Å². The molecule has 2 fully saturated rings. The Kier molecular flexibility index (Phi) is 3.68. The van der Waals surface area contributed by atoms with Gasteiger partial charge in [0.05, 0.1) is 5.56 Å². The standard InChI is InChI=1S/C16H18F3NO/c17-16(18,19)12-6-4-11(5-7-12)13-10-14(13)15(21)20-8-2-1-3-9-20/h4-7,13-14H,1-3,8-10H2. The molecule has 1 saturated heterocycles. The normalized spacial score (nSPS) is 25.8. The average molecular weight is 297 g/mol. The van der Waals surface area contributed by atoms with Crippen LogP contribution in [-0.2, 0) is 11.0 Å². The first kappa shape index (κ1) is 14.4. The highest BCUT2D eigenvalue weighted by Crippen LogP contribution is 2.49. The Hall–Kier alpha value is -1.52. The van der Waals surface area contributed by atoms with Gasteiger partial charge in [0, 0.05) is 19.0 Å². The van der Waals surface area contributed by atoms with E-state index in [4.69, 9.17) is 0 Å². The number of hydrogen-bond acceptors (Lipinski definition) is 1. The van der Waals surface area contributed by atoms with Crippen molar-refractivity contribution in [3.05, 3.63) is 35.4 Å². The van der Waals surface area contributed by atoms with E-state index in [1.165, 1.54) is 18.6 Å². The summed E-state index contributed by atoms with van der Waals surface area (Å²) in [6.45, 7) is 1.66. The third-order valence-electron chi connectivity index (χ3n) is 4.44. The molecule has 1 saturated carbocycles. The summed E-state index contributed by atoms with van der Waals surface area (Å²) in [7, 11) is 0. The number of piperidine rings is 1. The highest BCUT2D eigenvalue weighted by Gasteiger charge is 2.46. The van der Waals surface area contributed by atoms with Crippen LogP contribution >= 0.6 is 0 Å². The summed E-state index contributed by atoms with van der Waals surface area (Å²) < 4.78 is 37.6. The molecule has 1 aromatic carbocycles. The Morgan fingerprint density at radius 2 is 1.67 bits per heavy atom. The minimum Gasteiger partial charge on any atom is -0.342 e. The summed E-state index contributed by atoms with van der Waals surface area (Å²) in [5.41, 5.74) is 0.212. The lowest BCUT2D eigenvalue weighted by molar-refractivity contribution is -0.137. The van der Waals surface area contributed by atoms with Crippen LogP contribution < -0.4 is 0 Å². The third kappa shape index (κ3) is 3.06. The quantitative estimate of drug-likeness (QED) is 0.812. The smallest absolute Gasteiger partial charge is 0.342 e. The number of carbonyl (C=O) groups excluding carboxylic acids is 1. The number of likely N-dealkylation sites (tertiary alicyclic amines) is 1. The largest absolute Gasteiger partial charge is 0.416 e. The summed E-state index contributed by atoms with van der Waals surface area (Å²) in [4.78, 5) is 14.2. The molecule has 1 amide bonds. The number of nitrogens with zero attached hydrogens (tertiary/aromatic N) is 1. The third-order valence-corrected chi connectivity index (χ3v) is 4.44. The summed E-state index contributed by atoms with van der Waals surface area (Å²) in [5.74, 6) is 0.251. The number of amides is 1. The van der Waals surface area contributed by atoms with Gasteiger partial charge in [-0.15, -0.1) is 0 Å². The maximum atomic E-state index is 12.5. The Morgan fingerprint density at radius 1 is 1.05 bits per heavy atom. The number of hydrogen-bond donors (Lipinski definition) is 0. The van der Waals surface area contributed by atoms with Gasteiger partial charge >= 0.3 is 6.18 Å². The van der Waals surface area contributed by atoms with Gasteiger partial charge < -0.3 is 4.90 Å². The number of rotatable bonds is 2. The Morgan fingerprint density at radius 3 is 2.24 bits per heavy atom. The van der Waals surface area contributed by atoms with Crippen molar-refractivity contribution in [1.82, 2.24) is 4.90 Å². The SMILES string of the molecule is O=C(C1CC1c1ccc(C(F)(F)F)cc1)N1CCCCC1. The van der Waals surface area contributed by atoms with Gasteiger partial charge in [0.2, 0.25) is 5.91 Å². The van der Waals surface area contributed by atoms with Crippen LogP contribution in [-0.4, -0.2) is 23.9 Å². The van der Waals surface area contributed by atoms with E-state index in [2.05, 4.69) is 0 Å². The molecule has 0 radical (unpaired) electrons. The fourth-order valence-electron chi connectivity index (χ4n) is 3.10. The molecule has 114 valence electrons. The molecule has 5 heteroatoms. The lowest BCUT2D eigenvalue weighted by atomic mass is 10.1.